The molecule has 0 fully saturated rings. The van der Waals surface area contributed by atoms with Crippen molar-refractivity contribution < 1.29 is 13.9 Å². The molecular weight excluding hydrogens is 281 g/mol. The van der Waals surface area contributed by atoms with Crippen LogP contribution in [0.5, 0.6) is 5.75 Å². The number of likely N-dealkylation sites (N-methyl/N-ethyl adjacent to an activating group) is 1. The minimum absolute atomic E-state index is 0.0571. The number of aryl methyl sites for hydroxylation is 1. The molecule has 0 unspecified atom stereocenters. The largest absolute Gasteiger partial charge is 0.489 e. The van der Waals surface area contributed by atoms with Crippen LogP contribution in [0.4, 0.5) is 4.39 Å². The van der Waals surface area contributed by atoms with Crippen LogP contribution < -0.4 is 4.74 Å². The van der Waals surface area contributed by atoms with E-state index in [9.17, 15) is 9.18 Å². The van der Waals surface area contributed by atoms with Crippen LogP contribution in [0.3, 0.4) is 0 Å². The quantitative estimate of drug-likeness (QED) is 0.844. The minimum atomic E-state index is -0.397. The van der Waals surface area contributed by atoms with E-state index in [0.717, 1.165) is 11.1 Å². The fourth-order valence-electron chi connectivity index (χ4n) is 2.14. The van der Waals surface area contributed by atoms with E-state index in [1.807, 2.05) is 32.0 Å². The molecule has 0 N–H and O–H groups in total. The number of halogens is 1. The first-order valence-corrected chi connectivity index (χ1v) is 7.19. The van der Waals surface area contributed by atoms with Crippen LogP contribution in [0, 0.1) is 19.7 Å². The van der Waals surface area contributed by atoms with Crippen molar-refractivity contribution in [2.45, 2.75) is 13.8 Å². The summed E-state index contributed by atoms with van der Waals surface area (Å²) >= 11 is 0. The average Bonchev–Trinajstić information content (AvgIpc) is 2.51. The highest BCUT2D eigenvalue weighted by atomic mass is 19.1. The minimum Gasteiger partial charge on any atom is -0.489 e. The maximum absolute atomic E-state index is 13.4. The number of rotatable bonds is 5. The molecule has 3 nitrogen and oxygen atoms in total. The standard InChI is InChI=1S/C18H20FNO2/c1-13-7-6-8-15(14(13)2)18(21)20(3)11-12-22-17-10-5-4-9-16(17)19/h4-10H,11-12H2,1-3H3. The maximum Gasteiger partial charge on any atom is 0.253 e. The predicted octanol–water partition coefficient (Wildman–Crippen LogP) is 3.59. The van der Waals surface area contributed by atoms with Crippen LogP contribution in [0.25, 0.3) is 0 Å². The monoisotopic (exact) mass is 301 g/mol. The van der Waals surface area contributed by atoms with Gasteiger partial charge in [0.25, 0.3) is 5.91 Å². The molecule has 0 saturated heterocycles. The third kappa shape index (κ3) is 3.64. The number of amides is 1. The first-order chi connectivity index (χ1) is 10.5. The van der Waals surface area contributed by atoms with Gasteiger partial charge in [0.15, 0.2) is 11.6 Å². The van der Waals surface area contributed by atoms with Crippen molar-refractivity contribution in [3.05, 3.63) is 65.0 Å². The molecule has 1 amide bonds. The van der Waals surface area contributed by atoms with Crippen molar-refractivity contribution in [2.24, 2.45) is 0 Å². The van der Waals surface area contributed by atoms with E-state index in [0.29, 0.717) is 12.1 Å². The summed E-state index contributed by atoms with van der Waals surface area (Å²) in [5, 5.41) is 0. The maximum atomic E-state index is 13.4. The number of carbonyl (C=O) groups is 1. The molecule has 0 aliphatic heterocycles. The molecule has 0 aromatic heterocycles. The van der Waals surface area contributed by atoms with Crippen LogP contribution in [0.2, 0.25) is 0 Å². The lowest BCUT2D eigenvalue weighted by Gasteiger charge is -2.19. The Labute approximate surface area is 130 Å². The van der Waals surface area contributed by atoms with Crippen LogP contribution in [0.15, 0.2) is 42.5 Å². The van der Waals surface area contributed by atoms with Gasteiger partial charge in [0, 0.05) is 12.6 Å². The summed E-state index contributed by atoms with van der Waals surface area (Å²) in [5.41, 5.74) is 2.75. The fourth-order valence-corrected chi connectivity index (χ4v) is 2.14. The lowest BCUT2D eigenvalue weighted by Crippen LogP contribution is -2.31. The van der Waals surface area contributed by atoms with Gasteiger partial charge in [-0.05, 0) is 43.2 Å². The van der Waals surface area contributed by atoms with E-state index in [4.69, 9.17) is 4.74 Å². The van der Waals surface area contributed by atoms with Crippen molar-refractivity contribution in [3.63, 3.8) is 0 Å². The van der Waals surface area contributed by atoms with Crippen LogP contribution in [-0.2, 0) is 0 Å². The first kappa shape index (κ1) is 16.0. The fraction of sp³-hybridized carbons (Fsp3) is 0.278. The summed E-state index contributed by atoms with van der Waals surface area (Å²) in [6.07, 6.45) is 0. The number of nitrogens with zero attached hydrogens (tertiary/aromatic N) is 1. The lowest BCUT2D eigenvalue weighted by molar-refractivity contribution is 0.0772. The van der Waals surface area contributed by atoms with Crippen LogP contribution in [-0.4, -0.2) is 31.0 Å². The van der Waals surface area contributed by atoms with E-state index in [2.05, 4.69) is 0 Å². The summed E-state index contributed by atoms with van der Waals surface area (Å²) in [6.45, 7) is 4.55. The second kappa shape index (κ2) is 7.07. The molecular formula is C18H20FNO2. The molecule has 4 heteroatoms. The second-order valence-corrected chi connectivity index (χ2v) is 5.25. The van der Waals surface area contributed by atoms with Crippen molar-refractivity contribution in [2.75, 3.05) is 20.2 Å². The Morgan fingerprint density at radius 1 is 1.14 bits per heavy atom. The lowest BCUT2D eigenvalue weighted by atomic mass is 10.0. The van der Waals surface area contributed by atoms with E-state index in [-0.39, 0.29) is 18.3 Å². The van der Waals surface area contributed by atoms with E-state index >= 15 is 0 Å². The van der Waals surface area contributed by atoms with Crippen molar-refractivity contribution in [1.82, 2.24) is 4.90 Å². The van der Waals surface area contributed by atoms with Gasteiger partial charge in [0.1, 0.15) is 6.61 Å². The topological polar surface area (TPSA) is 29.5 Å². The Morgan fingerprint density at radius 2 is 1.86 bits per heavy atom. The van der Waals surface area contributed by atoms with Gasteiger partial charge in [0.2, 0.25) is 0 Å². The van der Waals surface area contributed by atoms with E-state index in [1.54, 1.807) is 30.1 Å². The Morgan fingerprint density at radius 3 is 2.59 bits per heavy atom. The summed E-state index contributed by atoms with van der Waals surface area (Å²) in [5.74, 6) is -0.251. The van der Waals surface area contributed by atoms with Crippen LogP contribution >= 0.6 is 0 Å². The number of carbonyl (C=O) groups excluding carboxylic acids is 1. The normalized spacial score (nSPS) is 10.4. The van der Waals surface area contributed by atoms with Crippen molar-refractivity contribution in [3.8, 4) is 5.75 Å². The number of hydrogen-bond donors (Lipinski definition) is 0. The zero-order valence-electron chi connectivity index (χ0n) is 13.1. The molecule has 0 radical (unpaired) electrons. The van der Waals surface area contributed by atoms with Gasteiger partial charge >= 0.3 is 0 Å². The zero-order valence-corrected chi connectivity index (χ0v) is 13.1. The number of hydrogen-bond acceptors (Lipinski definition) is 2. The smallest absolute Gasteiger partial charge is 0.253 e. The van der Waals surface area contributed by atoms with Crippen LogP contribution in [0.1, 0.15) is 21.5 Å². The Hall–Kier alpha value is -2.36. The van der Waals surface area contributed by atoms with Crippen molar-refractivity contribution in [1.29, 1.82) is 0 Å². The third-order valence-corrected chi connectivity index (χ3v) is 3.70. The SMILES string of the molecule is Cc1cccc(C(=O)N(C)CCOc2ccccc2F)c1C. The van der Waals surface area contributed by atoms with Crippen molar-refractivity contribution >= 4 is 5.91 Å². The number of para-hydroxylation sites is 1. The van der Waals surface area contributed by atoms with Gasteiger partial charge in [-0.1, -0.05) is 24.3 Å². The van der Waals surface area contributed by atoms with Gasteiger partial charge in [-0.3, -0.25) is 4.79 Å². The molecule has 0 aliphatic carbocycles. The molecule has 2 rings (SSSR count). The summed E-state index contributed by atoms with van der Waals surface area (Å²) in [7, 11) is 1.72. The molecule has 0 bridgehead atoms. The second-order valence-electron chi connectivity index (χ2n) is 5.25. The molecule has 2 aromatic carbocycles. The van der Waals surface area contributed by atoms with Gasteiger partial charge in [0.05, 0.1) is 6.54 Å². The zero-order chi connectivity index (χ0) is 16.1. The summed E-state index contributed by atoms with van der Waals surface area (Å²) in [4.78, 5) is 14.0. The Bertz CT molecular complexity index is 670. The molecule has 2 aromatic rings. The molecule has 0 spiro atoms. The van der Waals surface area contributed by atoms with E-state index < -0.39 is 5.82 Å². The highest BCUT2D eigenvalue weighted by Crippen LogP contribution is 2.16. The molecule has 0 atom stereocenters. The Kier molecular flexibility index (Phi) is 5.15. The predicted molar refractivity (Wildman–Crippen MR) is 84.8 cm³/mol. The summed E-state index contributed by atoms with van der Waals surface area (Å²) in [6, 6.07) is 11.9. The average molecular weight is 301 g/mol. The van der Waals surface area contributed by atoms with Gasteiger partial charge in [-0.15, -0.1) is 0 Å². The molecule has 22 heavy (non-hydrogen) atoms. The highest BCUT2D eigenvalue weighted by molar-refractivity contribution is 5.95. The Balaban J connectivity index is 1.95. The summed E-state index contributed by atoms with van der Waals surface area (Å²) < 4.78 is 18.8. The number of benzene rings is 2. The molecule has 0 saturated carbocycles. The number of ether oxygens (including phenoxy) is 1. The highest BCUT2D eigenvalue weighted by Gasteiger charge is 2.15. The third-order valence-electron chi connectivity index (χ3n) is 3.70. The molecule has 116 valence electrons. The first-order valence-electron chi connectivity index (χ1n) is 7.19. The van der Waals surface area contributed by atoms with Gasteiger partial charge in [-0.25, -0.2) is 4.39 Å². The molecule has 0 heterocycles. The van der Waals surface area contributed by atoms with Gasteiger partial charge < -0.3 is 9.64 Å². The molecule has 0 aliphatic rings. The van der Waals surface area contributed by atoms with Gasteiger partial charge in [-0.2, -0.15) is 0 Å². The van der Waals surface area contributed by atoms with E-state index in [1.165, 1.54) is 6.07 Å².